The third kappa shape index (κ3) is 9.77. The number of aryl methyl sites for hydroxylation is 1. The topological polar surface area (TPSA) is 88.8 Å². The minimum Gasteiger partial charge on any atom is -0.453 e. The monoisotopic (exact) mass is 637 g/mol. The molecule has 248 valence electrons. The number of carbonyl (C=O) groups is 1. The van der Waals surface area contributed by atoms with Crippen LogP contribution in [-0.4, -0.2) is 34.2 Å². The highest BCUT2D eigenvalue weighted by atomic mass is 19.1. The number of rotatable bonds is 14. The zero-order valence-electron chi connectivity index (χ0n) is 28.3. The first-order chi connectivity index (χ1) is 22.9. The summed E-state index contributed by atoms with van der Waals surface area (Å²) >= 11 is 0. The van der Waals surface area contributed by atoms with E-state index in [2.05, 4.69) is 47.6 Å². The molecule has 1 aliphatic carbocycles. The Balaban J connectivity index is 0.000000215. The van der Waals surface area contributed by atoms with Crippen molar-refractivity contribution in [3.8, 4) is 0 Å². The zero-order chi connectivity index (χ0) is 33.6. The summed E-state index contributed by atoms with van der Waals surface area (Å²) in [6.07, 6.45) is 13.8. The van der Waals surface area contributed by atoms with Crippen molar-refractivity contribution in [1.82, 2.24) is 9.97 Å². The van der Waals surface area contributed by atoms with Gasteiger partial charge in [0.25, 0.3) is 0 Å². The van der Waals surface area contributed by atoms with E-state index < -0.39 is 5.82 Å². The molecule has 2 aromatic carbocycles. The van der Waals surface area contributed by atoms with E-state index >= 15 is 0 Å². The highest BCUT2D eigenvalue weighted by molar-refractivity contribution is 6.05. The first kappa shape index (κ1) is 35.4. The summed E-state index contributed by atoms with van der Waals surface area (Å²) in [5, 5.41) is 2.69. The number of nitrogens with zero attached hydrogens (tertiary/aromatic N) is 4. The molecule has 47 heavy (non-hydrogen) atoms. The number of anilines is 1. The Morgan fingerprint density at radius 1 is 0.979 bits per heavy atom. The molecule has 5 rings (SSSR count). The molecule has 1 N–H and O–H groups in total. The van der Waals surface area contributed by atoms with Crippen LogP contribution in [0.4, 0.5) is 10.1 Å². The van der Waals surface area contributed by atoms with Gasteiger partial charge in [-0.05, 0) is 67.7 Å². The Bertz CT molecular complexity index is 1590. The maximum atomic E-state index is 14.2. The molecule has 3 aromatic rings. The number of hydrogen-bond acceptors (Lipinski definition) is 6. The predicted molar refractivity (Wildman–Crippen MR) is 191 cm³/mol. The van der Waals surface area contributed by atoms with E-state index in [0.717, 1.165) is 66.7 Å². The maximum absolute atomic E-state index is 14.2. The van der Waals surface area contributed by atoms with E-state index in [1.165, 1.54) is 31.0 Å². The lowest BCUT2D eigenvalue weighted by atomic mass is 9.80. The first-order valence-electron chi connectivity index (χ1n) is 17.0. The molecule has 2 aliphatic rings. The van der Waals surface area contributed by atoms with E-state index in [4.69, 9.17) is 9.73 Å². The number of allylic oxidation sites excluding steroid dienone is 1. The van der Waals surface area contributed by atoms with Gasteiger partial charge in [-0.15, -0.1) is 0 Å². The molecule has 2 heterocycles. The fourth-order valence-electron chi connectivity index (χ4n) is 5.33. The summed E-state index contributed by atoms with van der Waals surface area (Å²) in [6.45, 7) is 12.9. The third-order valence-electron chi connectivity index (χ3n) is 8.40. The summed E-state index contributed by atoms with van der Waals surface area (Å²) in [6, 6.07) is 14.3. The molecule has 0 saturated heterocycles. The van der Waals surface area contributed by atoms with Gasteiger partial charge in [-0.25, -0.2) is 19.4 Å². The number of nitrogens with one attached hydrogen (secondary N) is 1. The second kappa shape index (κ2) is 18.0. The quantitative estimate of drug-likeness (QED) is 0.178. The molecule has 1 aliphatic heterocycles. The van der Waals surface area contributed by atoms with Crippen LogP contribution in [0.3, 0.4) is 0 Å². The molecule has 1 aromatic heterocycles. The average molecular weight is 638 g/mol. The Morgan fingerprint density at radius 3 is 2.28 bits per heavy atom. The van der Waals surface area contributed by atoms with E-state index in [-0.39, 0.29) is 11.6 Å². The van der Waals surface area contributed by atoms with Crippen molar-refractivity contribution in [2.24, 2.45) is 15.9 Å². The van der Waals surface area contributed by atoms with Crippen molar-refractivity contribution in [2.75, 3.05) is 12.0 Å². The molecule has 7 nitrogen and oxygen atoms in total. The normalized spacial score (nSPS) is 14.7. The molecule has 1 amide bonds. The predicted octanol–water partition coefficient (Wildman–Crippen LogP) is 9.60. The Morgan fingerprint density at radius 2 is 1.70 bits per heavy atom. The molecular formula is C39H48FN5O2. The van der Waals surface area contributed by atoms with Gasteiger partial charge >= 0.3 is 0 Å². The number of aliphatic imine (C=N–C) groups is 2. The standard InChI is InChI=1S/C20H28N4O.C19H20FNO/c1-4-7-17(15-9-6-10-15)24-19(20-23-13-25-20)14(3)16-11-21-18(8-5-2)22-12-16;1-3-4-13-18(22)21-19-16(11-8-12-17(19)20)14(2)15-9-6-5-7-10-15/h11-12,15H,4-10,13H2,1-3H3;5-12H,2-4,13H2,1H3,(H,21,22)/b19-14+,24-17?;. The zero-order valence-corrected chi connectivity index (χ0v) is 28.3. The minimum atomic E-state index is -0.445. The molecule has 8 heteroatoms. The van der Waals surface area contributed by atoms with Crippen molar-refractivity contribution < 1.29 is 13.9 Å². The summed E-state index contributed by atoms with van der Waals surface area (Å²) in [5.41, 5.74) is 6.57. The van der Waals surface area contributed by atoms with Gasteiger partial charge in [0.1, 0.15) is 17.3 Å². The summed E-state index contributed by atoms with van der Waals surface area (Å²) in [5.74, 6) is 1.56. The molecule has 1 saturated carbocycles. The molecule has 0 bridgehead atoms. The summed E-state index contributed by atoms with van der Waals surface area (Å²) in [4.78, 5) is 30.3. The highest BCUT2D eigenvalue weighted by Gasteiger charge is 2.26. The van der Waals surface area contributed by atoms with Crippen LogP contribution in [-0.2, 0) is 16.0 Å². The van der Waals surface area contributed by atoms with Gasteiger partial charge in [0.15, 0.2) is 6.73 Å². The number of amides is 1. The largest absolute Gasteiger partial charge is 0.453 e. The Kier molecular flexibility index (Phi) is 13.6. The molecule has 0 radical (unpaired) electrons. The van der Waals surface area contributed by atoms with Crippen LogP contribution >= 0.6 is 0 Å². The van der Waals surface area contributed by atoms with Crippen LogP contribution in [0.5, 0.6) is 0 Å². The van der Waals surface area contributed by atoms with Crippen LogP contribution in [0.1, 0.15) is 108 Å². The van der Waals surface area contributed by atoms with Crippen molar-refractivity contribution in [1.29, 1.82) is 0 Å². The van der Waals surface area contributed by atoms with Gasteiger partial charge in [0, 0.05) is 42.1 Å². The summed E-state index contributed by atoms with van der Waals surface area (Å²) in [7, 11) is 0. The smallest absolute Gasteiger partial charge is 0.240 e. The van der Waals surface area contributed by atoms with E-state index in [1.807, 2.05) is 49.6 Å². The second-order valence-corrected chi connectivity index (χ2v) is 12.0. The van der Waals surface area contributed by atoms with Crippen LogP contribution in [0.25, 0.3) is 11.1 Å². The first-order valence-corrected chi connectivity index (χ1v) is 17.0. The van der Waals surface area contributed by atoms with Gasteiger partial charge in [-0.3, -0.25) is 9.79 Å². The lowest BCUT2D eigenvalue weighted by Crippen LogP contribution is -2.25. The Labute approximate surface area is 279 Å². The molecule has 1 fully saturated rings. The second-order valence-electron chi connectivity index (χ2n) is 12.0. The van der Waals surface area contributed by atoms with Gasteiger partial charge < -0.3 is 10.1 Å². The number of para-hydroxylation sites is 1. The third-order valence-corrected chi connectivity index (χ3v) is 8.40. The van der Waals surface area contributed by atoms with Gasteiger partial charge in [0.05, 0.1) is 5.69 Å². The lowest BCUT2D eigenvalue weighted by Gasteiger charge is -2.28. The van der Waals surface area contributed by atoms with Crippen molar-refractivity contribution >= 4 is 34.4 Å². The minimum absolute atomic E-state index is 0.172. The van der Waals surface area contributed by atoms with Crippen molar-refractivity contribution in [3.05, 3.63) is 102 Å². The van der Waals surface area contributed by atoms with Gasteiger partial charge in [0.2, 0.25) is 11.8 Å². The average Bonchev–Trinajstić information content (AvgIpc) is 3.03. The van der Waals surface area contributed by atoms with Crippen LogP contribution in [0.15, 0.2) is 83.2 Å². The highest BCUT2D eigenvalue weighted by Crippen LogP contribution is 2.32. The Hall–Kier alpha value is -4.46. The van der Waals surface area contributed by atoms with E-state index in [9.17, 15) is 9.18 Å². The molecule has 0 atom stereocenters. The molecule has 0 unspecified atom stereocenters. The van der Waals surface area contributed by atoms with Gasteiger partial charge in [-0.1, -0.05) is 89.1 Å². The van der Waals surface area contributed by atoms with Gasteiger partial charge in [-0.2, -0.15) is 0 Å². The fraction of sp³-hybridized carbons (Fsp3) is 0.410. The number of aromatic nitrogens is 2. The number of hydrogen-bond donors (Lipinski definition) is 1. The number of ether oxygens (including phenoxy) is 1. The van der Waals surface area contributed by atoms with Crippen LogP contribution in [0.2, 0.25) is 0 Å². The van der Waals surface area contributed by atoms with Crippen LogP contribution < -0.4 is 5.32 Å². The van der Waals surface area contributed by atoms with E-state index in [1.54, 1.807) is 12.1 Å². The fourth-order valence-corrected chi connectivity index (χ4v) is 5.33. The number of benzene rings is 2. The van der Waals surface area contributed by atoms with Crippen molar-refractivity contribution in [3.63, 3.8) is 0 Å². The lowest BCUT2D eigenvalue weighted by molar-refractivity contribution is -0.116. The molecule has 0 spiro atoms. The molecular weight excluding hydrogens is 589 g/mol. The number of unbranched alkanes of at least 4 members (excludes halogenated alkanes) is 1. The maximum Gasteiger partial charge on any atom is 0.240 e. The SMILES string of the molecule is C=C(c1ccccc1)c1cccc(F)c1NC(=O)CCCC.CCCC(=N/C(C1=NCO1)=C(\C)c1cnc(CCC)nc1)C1CCC1. The van der Waals surface area contributed by atoms with E-state index in [0.29, 0.717) is 36.1 Å². The van der Waals surface area contributed by atoms with Crippen molar-refractivity contribution in [2.45, 2.75) is 91.9 Å². The number of halogens is 1. The van der Waals surface area contributed by atoms with Crippen LogP contribution in [0, 0.1) is 11.7 Å². The summed E-state index contributed by atoms with van der Waals surface area (Å²) < 4.78 is 19.7. The number of carbonyl (C=O) groups excluding carboxylic acids is 1.